The molecule has 4 N–H and O–H groups in total. The summed E-state index contributed by atoms with van der Waals surface area (Å²) in [5, 5.41) is 14.2. The molecule has 10 nitrogen and oxygen atoms in total. The van der Waals surface area contributed by atoms with Crippen molar-refractivity contribution >= 4 is 40.1 Å². The second kappa shape index (κ2) is 10.4. The van der Waals surface area contributed by atoms with E-state index in [-0.39, 0.29) is 47.4 Å². The van der Waals surface area contributed by atoms with Crippen LogP contribution in [0.3, 0.4) is 0 Å². The van der Waals surface area contributed by atoms with E-state index in [0.717, 1.165) is 5.56 Å². The second-order valence-electron chi connectivity index (χ2n) is 9.41. The number of amides is 2. The molecule has 0 bridgehead atoms. The minimum Gasteiger partial charge on any atom is -0.387 e. The van der Waals surface area contributed by atoms with E-state index in [4.69, 9.17) is 11.6 Å². The molecule has 0 fully saturated rings. The van der Waals surface area contributed by atoms with Crippen LogP contribution in [0.15, 0.2) is 78.0 Å². The molecular weight excluding hydrogens is 532 g/mol. The summed E-state index contributed by atoms with van der Waals surface area (Å²) in [4.78, 5) is 54.6. The van der Waals surface area contributed by atoms with Crippen molar-refractivity contribution in [2.75, 3.05) is 18.4 Å². The number of aliphatic hydroxyl groups excluding tert-OH is 1. The Morgan fingerprint density at radius 2 is 1.77 bits per heavy atom. The molecule has 0 aliphatic carbocycles. The first kappa shape index (κ1) is 25.5. The fraction of sp³-hybridized carbons (Fsp3) is 0.138. The molecule has 4 heterocycles. The van der Waals surface area contributed by atoms with Crippen molar-refractivity contribution in [2.24, 2.45) is 0 Å². The van der Waals surface area contributed by atoms with Gasteiger partial charge in [0.15, 0.2) is 0 Å². The van der Waals surface area contributed by atoms with E-state index in [1.54, 1.807) is 54.9 Å². The number of imidazole rings is 1. The van der Waals surface area contributed by atoms with Crippen LogP contribution < -0.4 is 10.9 Å². The number of hydrogen-bond donors (Lipinski definition) is 4. The highest BCUT2D eigenvalue weighted by atomic mass is 35.5. The Morgan fingerprint density at radius 1 is 1.00 bits per heavy atom. The van der Waals surface area contributed by atoms with E-state index in [9.17, 15) is 19.5 Å². The molecule has 0 radical (unpaired) electrons. The maximum Gasteiger partial charge on any atom is 0.261 e. The third-order valence-electron chi connectivity index (χ3n) is 6.86. The fourth-order valence-corrected chi connectivity index (χ4v) is 5.00. The number of pyridine rings is 2. The molecule has 2 amide bonds. The average molecular weight is 555 g/mol. The lowest BCUT2D eigenvalue weighted by Crippen LogP contribution is -2.31. The molecule has 2 aromatic carbocycles. The molecule has 0 saturated heterocycles. The molecule has 6 rings (SSSR count). The van der Waals surface area contributed by atoms with Crippen molar-refractivity contribution in [3.8, 4) is 11.4 Å². The Morgan fingerprint density at radius 3 is 2.55 bits per heavy atom. The van der Waals surface area contributed by atoms with E-state index in [1.807, 2.05) is 12.1 Å². The van der Waals surface area contributed by atoms with E-state index in [1.165, 1.54) is 11.1 Å². The Balaban J connectivity index is 1.26. The number of nitrogens with zero attached hydrogens (tertiary/aromatic N) is 3. The van der Waals surface area contributed by atoms with Crippen molar-refractivity contribution in [3.05, 3.63) is 111 Å². The maximum atomic E-state index is 13.1. The zero-order valence-corrected chi connectivity index (χ0v) is 21.8. The van der Waals surface area contributed by atoms with E-state index >= 15 is 0 Å². The van der Waals surface area contributed by atoms with Crippen molar-refractivity contribution in [1.82, 2.24) is 24.8 Å². The molecule has 200 valence electrons. The van der Waals surface area contributed by atoms with Gasteiger partial charge in [0.2, 0.25) is 0 Å². The van der Waals surface area contributed by atoms with Crippen molar-refractivity contribution in [2.45, 2.75) is 12.5 Å². The van der Waals surface area contributed by atoms with Gasteiger partial charge in [0, 0.05) is 36.7 Å². The van der Waals surface area contributed by atoms with Gasteiger partial charge in [-0.3, -0.25) is 24.3 Å². The van der Waals surface area contributed by atoms with E-state index in [2.05, 4.69) is 25.3 Å². The van der Waals surface area contributed by atoms with Crippen LogP contribution in [0.2, 0.25) is 5.02 Å². The highest BCUT2D eigenvalue weighted by Crippen LogP contribution is 2.30. The van der Waals surface area contributed by atoms with E-state index < -0.39 is 11.7 Å². The van der Waals surface area contributed by atoms with Crippen molar-refractivity contribution in [1.29, 1.82) is 0 Å². The quantitative estimate of drug-likeness (QED) is 0.213. The van der Waals surface area contributed by atoms with Crippen LogP contribution in [0.25, 0.3) is 22.4 Å². The van der Waals surface area contributed by atoms with Crippen molar-refractivity contribution in [3.63, 3.8) is 0 Å². The van der Waals surface area contributed by atoms with Gasteiger partial charge in [-0.05, 0) is 60.0 Å². The van der Waals surface area contributed by atoms with Gasteiger partial charge in [0.25, 0.3) is 17.4 Å². The molecule has 3 aromatic heterocycles. The van der Waals surface area contributed by atoms with E-state index in [0.29, 0.717) is 33.7 Å². The Labute approximate surface area is 232 Å². The predicted molar refractivity (Wildman–Crippen MR) is 150 cm³/mol. The number of carbonyl (C=O) groups excluding carboxylic acids is 2. The number of H-pyrrole nitrogens is 2. The summed E-state index contributed by atoms with van der Waals surface area (Å²) in [5.41, 5.74) is 3.40. The first-order valence-electron chi connectivity index (χ1n) is 12.6. The Hall–Kier alpha value is -4.80. The number of rotatable bonds is 8. The Kier molecular flexibility index (Phi) is 6.63. The van der Waals surface area contributed by atoms with Gasteiger partial charge >= 0.3 is 0 Å². The molecule has 1 aliphatic rings. The number of benzene rings is 2. The molecule has 5 aromatic rings. The second-order valence-corrected chi connectivity index (χ2v) is 9.85. The smallest absolute Gasteiger partial charge is 0.261 e. The lowest BCUT2D eigenvalue weighted by molar-refractivity contribution is 0.0656. The third kappa shape index (κ3) is 4.74. The molecule has 0 saturated carbocycles. The maximum absolute atomic E-state index is 13.1. The van der Waals surface area contributed by atoms with Gasteiger partial charge in [-0.15, -0.1) is 0 Å². The van der Waals surface area contributed by atoms with Crippen LogP contribution in [-0.4, -0.2) is 54.8 Å². The first-order valence-corrected chi connectivity index (χ1v) is 12.9. The van der Waals surface area contributed by atoms with Crippen LogP contribution in [-0.2, 0) is 6.42 Å². The molecule has 0 unspecified atom stereocenters. The number of anilines is 1. The highest BCUT2D eigenvalue weighted by Gasteiger charge is 2.36. The SMILES string of the molecule is O=C1c2cc3nc(-c4c(NC[C@@H](O)c5cccc(Cl)c5)cc[nH]c4=O)[nH]c3cc2C(=O)N1CCc1ccncc1. The van der Waals surface area contributed by atoms with Crippen LogP contribution in [0.5, 0.6) is 0 Å². The number of aromatic nitrogens is 4. The highest BCUT2D eigenvalue weighted by molar-refractivity contribution is 6.30. The third-order valence-corrected chi connectivity index (χ3v) is 7.10. The number of fused-ring (bicyclic) bond motifs is 2. The molecular formula is C29H23ClN6O4. The van der Waals surface area contributed by atoms with Gasteiger partial charge in [-0.2, -0.15) is 0 Å². The van der Waals surface area contributed by atoms with Gasteiger partial charge in [0.05, 0.1) is 34.0 Å². The summed E-state index contributed by atoms with van der Waals surface area (Å²) in [5.74, 6) is -0.493. The number of halogens is 1. The van der Waals surface area contributed by atoms with Crippen LogP contribution in [0.1, 0.15) is 37.9 Å². The molecule has 40 heavy (non-hydrogen) atoms. The van der Waals surface area contributed by atoms with Gasteiger partial charge < -0.3 is 20.4 Å². The lowest BCUT2D eigenvalue weighted by atomic mass is 10.1. The minimum atomic E-state index is -0.872. The largest absolute Gasteiger partial charge is 0.387 e. The first-order chi connectivity index (χ1) is 19.4. The lowest BCUT2D eigenvalue weighted by Gasteiger charge is -2.15. The average Bonchev–Trinajstić information content (AvgIpc) is 3.47. The summed E-state index contributed by atoms with van der Waals surface area (Å²) < 4.78 is 0. The van der Waals surface area contributed by atoms with Crippen LogP contribution in [0.4, 0.5) is 5.69 Å². The molecule has 0 spiro atoms. The molecule has 1 atom stereocenters. The van der Waals surface area contributed by atoms with Crippen LogP contribution in [0, 0.1) is 0 Å². The normalized spacial score (nSPS) is 13.6. The monoisotopic (exact) mass is 554 g/mol. The summed E-state index contributed by atoms with van der Waals surface area (Å²) in [6.07, 6.45) is 4.48. The van der Waals surface area contributed by atoms with Gasteiger partial charge in [0.1, 0.15) is 11.4 Å². The number of aromatic amines is 2. The van der Waals surface area contributed by atoms with Gasteiger partial charge in [-0.25, -0.2) is 4.98 Å². The fourth-order valence-electron chi connectivity index (χ4n) is 4.80. The number of imide groups is 1. The van der Waals surface area contributed by atoms with Crippen LogP contribution >= 0.6 is 11.6 Å². The minimum absolute atomic E-state index is 0.115. The number of carbonyl (C=O) groups is 2. The Bertz CT molecular complexity index is 1760. The zero-order chi connectivity index (χ0) is 27.8. The number of aliphatic hydroxyl groups is 1. The molecule has 1 aliphatic heterocycles. The summed E-state index contributed by atoms with van der Waals surface area (Å²) in [6.45, 7) is 0.363. The number of hydrogen-bond acceptors (Lipinski definition) is 7. The predicted octanol–water partition coefficient (Wildman–Crippen LogP) is 3.95. The van der Waals surface area contributed by atoms with Gasteiger partial charge in [-0.1, -0.05) is 23.7 Å². The van der Waals surface area contributed by atoms with Crippen molar-refractivity contribution < 1.29 is 14.7 Å². The number of nitrogens with one attached hydrogen (secondary N) is 3. The summed E-state index contributed by atoms with van der Waals surface area (Å²) in [6, 6.07) is 15.4. The topological polar surface area (TPSA) is 144 Å². The summed E-state index contributed by atoms with van der Waals surface area (Å²) in [7, 11) is 0. The zero-order valence-electron chi connectivity index (χ0n) is 21.0. The molecule has 11 heteroatoms. The summed E-state index contributed by atoms with van der Waals surface area (Å²) >= 11 is 6.04. The standard InChI is InChI=1S/C29H23ClN6O4/c30-18-3-1-2-17(12-18)24(37)15-33-21-6-10-32-27(38)25(21)26-34-22-13-19-20(14-23(22)35-26)29(40)36(28(19)39)11-7-16-4-8-31-9-5-16/h1-6,8-10,12-14,24,37H,7,11,15H2,(H,34,35)(H2,32,33,38)/t24-/m1/s1.